The fraction of sp³-hybridized carbons (Fsp3) is 0.421. The first-order chi connectivity index (χ1) is 12.5. The minimum atomic E-state index is -0.771. The average molecular weight is 356 g/mol. The van der Waals surface area contributed by atoms with Gasteiger partial charge >= 0.3 is 0 Å². The largest absolute Gasteiger partial charge is 0.389 e. The van der Waals surface area contributed by atoms with E-state index in [0.29, 0.717) is 31.5 Å². The second kappa shape index (κ2) is 8.14. The van der Waals surface area contributed by atoms with Crippen LogP contribution in [0, 0.1) is 6.92 Å². The lowest BCUT2D eigenvalue weighted by molar-refractivity contribution is -0.123. The third kappa shape index (κ3) is 4.49. The molecule has 2 aromatic rings. The molecule has 1 saturated heterocycles. The number of β-amino-alcohol motifs (C(OH)–C–C–N with tert-alkyl or cyclic N) is 1. The Kier molecular flexibility index (Phi) is 5.68. The van der Waals surface area contributed by atoms with Gasteiger partial charge in [-0.1, -0.05) is 18.2 Å². The minimum Gasteiger partial charge on any atom is -0.389 e. The smallest absolute Gasteiger partial charge is 0.253 e. The van der Waals surface area contributed by atoms with Gasteiger partial charge in [-0.3, -0.25) is 14.3 Å². The maximum absolute atomic E-state index is 12.5. The number of carbonyl (C=O) groups excluding carboxylic acids is 2. The number of hydrogen-bond donors (Lipinski definition) is 2. The van der Waals surface area contributed by atoms with Gasteiger partial charge in [0.05, 0.1) is 17.8 Å². The van der Waals surface area contributed by atoms with Crippen molar-refractivity contribution in [2.24, 2.45) is 0 Å². The molecule has 2 atom stereocenters. The van der Waals surface area contributed by atoms with Gasteiger partial charge in [0.15, 0.2) is 0 Å². The number of likely N-dealkylation sites (tertiary alicyclic amines) is 1. The van der Waals surface area contributed by atoms with E-state index in [0.717, 1.165) is 5.69 Å². The molecule has 1 aromatic heterocycles. The molecule has 7 nitrogen and oxygen atoms in total. The Labute approximate surface area is 152 Å². The molecule has 3 rings (SSSR count). The number of benzene rings is 1. The summed E-state index contributed by atoms with van der Waals surface area (Å²) in [4.78, 5) is 26.2. The van der Waals surface area contributed by atoms with Crippen LogP contribution in [0.2, 0.25) is 0 Å². The van der Waals surface area contributed by atoms with Crippen LogP contribution in [0.5, 0.6) is 0 Å². The molecule has 2 N–H and O–H groups in total. The molecule has 0 radical (unpaired) electrons. The molecule has 0 aliphatic carbocycles. The molecule has 138 valence electrons. The first-order valence-corrected chi connectivity index (χ1v) is 8.85. The highest BCUT2D eigenvalue weighted by atomic mass is 16.3. The molecular formula is C19H24N4O3. The maximum Gasteiger partial charge on any atom is 0.253 e. The zero-order valence-corrected chi connectivity index (χ0v) is 14.8. The lowest BCUT2D eigenvalue weighted by atomic mass is 10.0. The van der Waals surface area contributed by atoms with Crippen LogP contribution in [0.4, 0.5) is 0 Å². The highest BCUT2D eigenvalue weighted by molar-refractivity contribution is 5.94. The summed E-state index contributed by atoms with van der Waals surface area (Å²) < 4.78 is 1.73. The van der Waals surface area contributed by atoms with E-state index in [9.17, 15) is 14.7 Å². The maximum atomic E-state index is 12.5. The Morgan fingerprint density at radius 3 is 2.69 bits per heavy atom. The van der Waals surface area contributed by atoms with Gasteiger partial charge in [0.25, 0.3) is 5.91 Å². The summed E-state index contributed by atoms with van der Waals surface area (Å²) in [5.74, 6) is -0.214. The first-order valence-electron chi connectivity index (χ1n) is 8.85. The third-order valence-electron chi connectivity index (χ3n) is 4.58. The summed E-state index contributed by atoms with van der Waals surface area (Å²) in [6.07, 6.45) is 1.90. The van der Waals surface area contributed by atoms with E-state index in [1.807, 2.05) is 37.4 Å². The van der Waals surface area contributed by atoms with E-state index in [4.69, 9.17) is 0 Å². The Hall–Kier alpha value is -2.67. The molecule has 7 heteroatoms. The van der Waals surface area contributed by atoms with Crippen molar-refractivity contribution in [2.75, 3.05) is 13.1 Å². The van der Waals surface area contributed by atoms with Gasteiger partial charge < -0.3 is 15.3 Å². The van der Waals surface area contributed by atoms with Crippen LogP contribution >= 0.6 is 0 Å². The van der Waals surface area contributed by atoms with E-state index >= 15 is 0 Å². The predicted molar refractivity (Wildman–Crippen MR) is 96.5 cm³/mol. The topological polar surface area (TPSA) is 87.5 Å². The average Bonchev–Trinajstić information content (AvgIpc) is 3.07. The molecule has 0 unspecified atom stereocenters. The molecule has 0 saturated carbocycles. The van der Waals surface area contributed by atoms with Crippen LogP contribution in [0.25, 0.3) is 0 Å². The van der Waals surface area contributed by atoms with Gasteiger partial charge in [-0.25, -0.2) is 0 Å². The second-order valence-corrected chi connectivity index (χ2v) is 6.62. The quantitative estimate of drug-likeness (QED) is 0.836. The summed E-state index contributed by atoms with van der Waals surface area (Å²) in [6.45, 7) is 3.13. The Bertz CT molecular complexity index is 759. The Morgan fingerprint density at radius 2 is 2.04 bits per heavy atom. The van der Waals surface area contributed by atoms with E-state index < -0.39 is 6.10 Å². The number of hydrogen-bond acceptors (Lipinski definition) is 4. The predicted octanol–water partition coefficient (Wildman–Crippen LogP) is 0.973. The normalized spacial score (nSPS) is 20.0. The molecule has 1 aromatic carbocycles. The van der Waals surface area contributed by atoms with Crippen molar-refractivity contribution in [3.05, 3.63) is 53.9 Å². The third-order valence-corrected chi connectivity index (χ3v) is 4.58. The SMILES string of the molecule is Cc1ccn(CCC(=O)N[C@@H]2CCN(C(=O)c3ccccc3)C[C@H]2O)n1. The molecular weight excluding hydrogens is 332 g/mol. The molecule has 2 heterocycles. The summed E-state index contributed by atoms with van der Waals surface area (Å²) in [6, 6.07) is 10.6. The van der Waals surface area contributed by atoms with Crippen LogP contribution in [0.15, 0.2) is 42.6 Å². The van der Waals surface area contributed by atoms with Gasteiger partial charge in [0.1, 0.15) is 0 Å². The Balaban J connectivity index is 1.47. The number of carbonyl (C=O) groups is 2. The van der Waals surface area contributed by atoms with Gasteiger partial charge in [-0.15, -0.1) is 0 Å². The number of aromatic nitrogens is 2. The lowest BCUT2D eigenvalue weighted by Gasteiger charge is -2.36. The van der Waals surface area contributed by atoms with Crippen LogP contribution in [0.1, 0.15) is 28.9 Å². The number of piperidine rings is 1. The summed E-state index contributed by atoms with van der Waals surface area (Å²) in [5, 5.41) is 17.5. The minimum absolute atomic E-state index is 0.0940. The van der Waals surface area contributed by atoms with Crippen molar-refractivity contribution >= 4 is 11.8 Å². The van der Waals surface area contributed by atoms with E-state index in [-0.39, 0.29) is 24.4 Å². The first kappa shape index (κ1) is 18.1. The molecule has 0 spiro atoms. The fourth-order valence-electron chi connectivity index (χ4n) is 3.13. The zero-order valence-electron chi connectivity index (χ0n) is 14.8. The van der Waals surface area contributed by atoms with Crippen molar-refractivity contribution in [1.82, 2.24) is 20.0 Å². The van der Waals surface area contributed by atoms with E-state index in [1.165, 1.54) is 0 Å². The van der Waals surface area contributed by atoms with Crippen LogP contribution in [-0.4, -0.2) is 56.8 Å². The molecule has 1 aliphatic rings. The van der Waals surface area contributed by atoms with Gasteiger partial charge in [-0.2, -0.15) is 5.10 Å². The van der Waals surface area contributed by atoms with Crippen molar-refractivity contribution < 1.29 is 14.7 Å². The van der Waals surface area contributed by atoms with Gasteiger partial charge in [0.2, 0.25) is 5.91 Å². The fourth-order valence-corrected chi connectivity index (χ4v) is 3.13. The van der Waals surface area contributed by atoms with Crippen molar-refractivity contribution in [2.45, 2.75) is 38.5 Å². The molecule has 26 heavy (non-hydrogen) atoms. The number of rotatable bonds is 5. The summed E-state index contributed by atoms with van der Waals surface area (Å²) in [7, 11) is 0. The highest BCUT2D eigenvalue weighted by Crippen LogP contribution is 2.15. The van der Waals surface area contributed by atoms with E-state index in [1.54, 1.807) is 21.7 Å². The van der Waals surface area contributed by atoms with Gasteiger partial charge in [0, 0.05) is 37.8 Å². The molecule has 2 amide bonds. The number of amides is 2. The monoisotopic (exact) mass is 356 g/mol. The summed E-state index contributed by atoms with van der Waals surface area (Å²) in [5.41, 5.74) is 1.52. The van der Waals surface area contributed by atoms with Crippen LogP contribution in [-0.2, 0) is 11.3 Å². The van der Waals surface area contributed by atoms with Gasteiger partial charge in [-0.05, 0) is 31.5 Å². The number of aliphatic hydroxyl groups is 1. The van der Waals surface area contributed by atoms with Crippen molar-refractivity contribution in [3.63, 3.8) is 0 Å². The number of aryl methyl sites for hydroxylation is 2. The van der Waals surface area contributed by atoms with Crippen molar-refractivity contribution in [3.8, 4) is 0 Å². The number of nitrogens with zero attached hydrogens (tertiary/aromatic N) is 3. The standard InChI is InChI=1S/C19H24N4O3/c1-14-7-11-23(21-14)12-9-18(25)20-16-8-10-22(13-17(16)24)19(26)15-5-3-2-4-6-15/h2-7,11,16-17,24H,8-10,12-13H2,1H3,(H,20,25)/t16-,17-/m1/s1. The number of nitrogens with one attached hydrogen (secondary N) is 1. The molecule has 0 bridgehead atoms. The van der Waals surface area contributed by atoms with Crippen molar-refractivity contribution in [1.29, 1.82) is 0 Å². The Morgan fingerprint density at radius 1 is 1.27 bits per heavy atom. The van der Waals surface area contributed by atoms with E-state index in [2.05, 4.69) is 10.4 Å². The number of aliphatic hydroxyl groups excluding tert-OH is 1. The molecule has 1 fully saturated rings. The zero-order chi connectivity index (χ0) is 18.5. The lowest BCUT2D eigenvalue weighted by Crippen LogP contribution is -2.55. The van der Waals surface area contributed by atoms with Crippen LogP contribution < -0.4 is 5.32 Å². The summed E-state index contributed by atoms with van der Waals surface area (Å²) >= 11 is 0. The van der Waals surface area contributed by atoms with Crippen LogP contribution in [0.3, 0.4) is 0 Å². The highest BCUT2D eigenvalue weighted by Gasteiger charge is 2.31. The molecule has 1 aliphatic heterocycles. The second-order valence-electron chi connectivity index (χ2n) is 6.62.